The molecule has 0 aliphatic heterocycles. The summed E-state index contributed by atoms with van der Waals surface area (Å²) in [6, 6.07) is 13.3. The van der Waals surface area contributed by atoms with E-state index in [1.165, 1.54) is 0 Å². The van der Waals surface area contributed by atoms with Crippen molar-refractivity contribution in [2.75, 3.05) is 12.4 Å². The Bertz CT molecular complexity index is 540. The highest BCUT2D eigenvalue weighted by atomic mass is 35.5. The lowest BCUT2D eigenvalue weighted by Gasteiger charge is -2.10. The number of benzene rings is 2. The fourth-order valence-corrected chi connectivity index (χ4v) is 1.91. The van der Waals surface area contributed by atoms with Gasteiger partial charge in [0.15, 0.2) is 0 Å². The molecule has 0 aliphatic rings. The van der Waals surface area contributed by atoms with E-state index in [1.54, 1.807) is 13.2 Å². The Hall–Kier alpha value is -1.71. The molecule has 0 radical (unpaired) electrons. The SMILES string of the molecule is COc1ccc(Cl)c(NCc2ccc(CO)cc2)c1. The van der Waals surface area contributed by atoms with E-state index < -0.39 is 0 Å². The second kappa shape index (κ2) is 6.45. The highest BCUT2D eigenvalue weighted by Crippen LogP contribution is 2.27. The Morgan fingerprint density at radius 2 is 1.79 bits per heavy atom. The van der Waals surface area contributed by atoms with Crippen molar-refractivity contribution in [3.63, 3.8) is 0 Å². The van der Waals surface area contributed by atoms with E-state index in [4.69, 9.17) is 21.4 Å². The average molecular weight is 278 g/mol. The molecule has 0 heterocycles. The fraction of sp³-hybridized carbons (Fsp3) is 0.200. The van der Waals surface area contributed by atoms with Crippen LogP contribution in [0.4, 0.5) is 5.69 Å². The number of methoxy groups -OCH3 is 1. The molecule has 0 spiro atoms. The first kappa shape index (κ1) is 13.7. The molecule has 2 N–H and O–H groups in total. The summed E-state index contributed by atoms with van der Waals surface area (Å²) >= 11 is 6.12. The lowest BCUT2D eigenvalue weighted by molar-refractivity contribution is 0.282. The molecule has 0 saturated heterocycles. The van der Waals surface area contributed by atoms with Crippen LogP contribution < -0.4 is 10.1 Å². The maximum absolute atomic E-state index is 8.98. The highest BCUT2D eigenvalue weighted by Gasteiger charge is 2.02. The Balaban J connectivity index is 2.05. The minimum absolute atomic E-state index is 0.0649. The zero-order chi connectivity index (χ0) is 13.7. The zero-order valence-corrected chi connectivity index (χ0v) is 11.4. The molecular formula is C15H16ClNO2. The summed E-state index contributed by atoms with van der Waals surface area (Å²) in [6.07, 6.45) is 0. The van der Waals surface area contributed by atoms with Gasteiger partial charge in [-0.25, -0.2) is 0 Å². The molecule has 0 aliphatic carbocycles. The van der Waals surface area contributed by atoms with Gasteiger partial charge in [0.2, 0.25) is 0 Å². The summed E-state index contributed by atoms with van der Waals surface area (Å²) in [5.41, 5.74) is 2.87. The van der Waals surface area contributed by atoms with Crippen LogP contribution in [0.1, 0.15) is 11.1 Å². The van der Waals surface area contributed by atoms with Crippen LogP contribution in [-0.4, -0.2) is 12.2 Å². The number of hydrogen-bond donors (Lipinski definition) is 2. The Labute approximate surface area is 117 Å². The molecule has 0 aromatic heterocycles. The third-order valence-corrected chi connectivity index (χ3v) is 3.19. The molecule has 2 aromatic carbocycles. The predicted molar refractivity (Wildman–Crippen MR) is 77.7 cm³/mol. The van der Waals surface area contributed by atoms with Gasteiger partial charge in [-0.1, -0.05) is 35.9 Å². The van der Waals surface area contributed by atoms with Gasteiger partial charge < -0.3 is 15.2 Å². The number of ether oxygens (including phenoxy) is 1. The molecule has 19 heavy (non-hydrogen) atoms. The monoisotopic (exact) mass is 277 g/mol. The van der Waals surface area contributed by atoms with Crippen molar-refractivity contribution in [1.29, 1.82) is 0 Å². The number of hydrogen-bond acceptors (Lipinski definition) is 3. The average Bonchev–Trinajstić information content (AvgIpc) is 2.47. The van der Waals surface area contributed by atoms with Crippen molar-refractivity contribution in [2.24, 2.45) is 0 Å². The fourth-order valence-electron chi connectivity index (χ4n) is 1.73. The van der Waals surface area contributed by atoms with Gasteiger partial charge in [0, 0.05) is 12.6 Å². The molecular weight excluding hydrogens is 262 g/mol. The largest absolute Gasteiger partial charge is 0.497 e. The number of nitrogens with one attached hydrogen (secondary N) is 1. The molecule has 3 nitrogen and oxygen atoms in total. The maximum Gasteiger partial charge on any atom is 0.121 e. The highest BCUT2D eigenvalue weighted by molar-refractivity contribution is 6.33. The second-order valence-corrected chi connectivity index (χ2v) is 4.58. The molecule has 0 amide bonds. The van der Waals surface area contributed by atoms with Gasteiger partial charge in [-0.2, -0.15) is 0 Å². The summed E-state index contributed by atoms with van der Waals surface area (Å²) in [4.78, 5) is 0. The predicted octanol–water partition coefficient (Wildman–Crippen LogP) is 3.45. The smallest absolute Gasteiger partial charge is 0.121 e. The normalized spacial score (nSPS) is 10.3. The van der Waals surface area contributed by atoms with Crippen LogP contribution in [0.3, 0.4) is 0 Å². The Kier molecular flexibility index (Phi) is 4.66. The zero-order valence-electron chi connectivity index (χ0n) is 10.7. The lowest BCUT2D eigenvalue weighted by Crippen LogP contribution is -2.00. The number of aliphatic hydroxyl groups excluding tert-OH is 1. The minimum atomic E-state index is 0.0649. The van der Waals surface area contributed by atoms with Crippen LogP contribution in [0.15, 0.2) is 42.5 Å². The summed E-state index contributed by atoms with van der Waals surface area (Å²) in [5, 5.41) is 12.9. The van der Waals surface area contributed by atoms with E-state index in [-0.39, 0.29) is 6.61 Å². The first-order chi connectivity index (χ1) is 9.22. The minimum Gasteiger partial charge on any atom is -0.497 e. The van der Waals surface area contributed by atoms with Crippen molar-refractivity contribution in [1.82, 2.24) is 0 Å². The first-order valence-corrected chi connectivity index (χ1v) is 6.37. The van der Waals surface area contributed by atoms with E-state index in [0.29, 0.717) is 11.6 Å². The van der Waals surface area contributed by atoms with Crippen LogP contribution in [-0.2, 0) is 13.2 Å². The summed E-state index contributed by atoms with van der Waals surface area (Å²) in [5.74, 6) is 0.766. The van der Waals surface area contributed by atoms with Crippen molar-refractivity contribution >= 4 is 17.3 Å². The van der Waals surface area contributed by atoms with Crippen LogP contribution >= 0.6 is 11.6 Å². The van der Waals surface area contributed by atoms with Crippen molar-refractivity contribution < 1.29 is 9.84 Å². The van der Waals surface area contributed by atoms with Crippen molar-refractivity contribution in [3.8, 4) is 5.75 Å². The molecule has 4 heteroatoms. The van der Waals surface area contributed by atoms with Crippen LogP contribution in [0.25, 0.3) is 0 Å². The maximum atomic E-state index is 8.98. The standard InChI is InChI=1S/C15H16ClNO2/c1-19-13-6-7-14(16)15(8-13)17-9-11-2-4-12(10-18)5-3-11/h2-8,17-18H,9-10H2,1H3. The van der Waals surface area contributed by atoms with Crippen molar-refractivity contribution in [2.45, 2.75) is 13.2 Å². The van der Waals surface area contributed by atoms with Crippen LogP contribution in [0, 0.1) is 0 Å². The molecule has 0 saturated carbocycles. The molecule has 0 fully saturated rings. The molecule has 2 rings (SSSR count). The Morgan fingerprint density at radius 3 is 2.42 bits per heavy atom. The summed E-state index contributed by atoms with van der Waals surface area (Å²) in [7, 11) is 1.63. The van der Waals surface area contributed by atoms with Gasteiger partial charge in [-0.15, -0.1) is 0 Å². The number of halogens is 1. The summed E-state index contributed by atoms with van der Waals surface area (Å²) < 4.78 is 5.17. The van der Waals surface area contributed by atoms with Crippen LogP contribution in [0.2, 0.25) is 5.02 Å². The van der Waals surface area contributed by atoms with Crippen molar-refractivity contribution in [3.05, 3.63) is 58.6 Å². The molecule has 0 unspecified atom stereocenters. The molecule has 0 atom stereocenters. The second-order valence-electron chi connectivity index (χ2n) is 4.17. The van der Waals surface area contributed by atoms with Gasteiger partial charge in [0.1, 0.15) is 5.75 Å². The third kappa shape index (κ3) is 3.63. The number of anilines is 1. The van der Waals surface area contributed by atoms with Gasteiger partial charge in [0.25, 0.3) is 0 Å². The molecule has 100 valence electrons. The van der Waals surface area contributed by atoms with E-state index >= 15 is 0 Å². The lowest BCUT2D eigenvalue weighted by atomic mass is 10.1. The topological polar surface area (TPSA) is 41.5 Å². The van der Waals surface area contributed by atoms with Gasteiger partial charge in [-0.05, 0) is 23.3 Å². The Morgan fingerprint density at radius 1 is 1.11 bits per heavy atom. The van der Waals surface area contributed by atoms with Gasteiger partial charge in [-0.3, -0.25) is 0 Å². The summed E-state index contributed by atoms with van der Waals surface area (Å²) in [6.45, 7) is 0.730. The molecule has 2 aromatic rings. The first-order valence-electron chi connectivity index (χ1n) is 5.99. The van der Waals surface area contributed by atoms with Gasteiger partial charge >= 0.3 is 0 Å². The number of rotatable bonds is 5. The third-order valence-electron chi connectivity index (χ3n) is 2.86. The van der Waals surface area contributed by atoms with E-state index in [0.717, 1.165) is 22.6 Å². The quantitative estimate of drug-likeness (QED) is 0.879. The van der Waals surface area contributed by atoms with E-state index in [9.17, 15) is 0 Å². The van der Waals surface area contributed by atoms with E-state index in [2.05, 4.69) is 5.32 Å². The van der Waals surface area contributed by atoms with Gasteiger partial charge in [0.05, 0.1) is 24.4 Å². The van der Waals surface area contributed by atoms with Crippen LogP contribution in [0.5, 0.6) is 5.75 Å². The number of aliphatic hydroxyl groups is 1. The molecule has 0 bridgehead atoms. The van der Waals surface area contributed by atoms with E-state index in [1.807, 2.05) is 36.4 Å².